The van der Waals surface area contributed by atoms with Crippen molar-refractivity contribution in [2.45, 2.75) is 25.8 Å². The topological polar surface area (TPSA) is 66.4 Å². The van der Waals surface area contributed by atoms with Gasteiger partial charge >= 0.3 is 5.97 Å². The highest BCUT2D eigenvalue weighted by atomic mass is 35.5. The third kappa shape index (κ3) is 2.79. The van der Waals surface area contributed by atoms with Crippen LogP contribution in [0.2, 0.25) is 5.02 Å². The first-order valence-corrected chi connectivity index (χ1v) is 5.69. The molecule has 0 saturated carbocycles. The second-order valence-corrected chi connectivity index (χ2v) is 4.45. The predicted molar refractivity (Wildman–Crippen MR) is 65.2 cm³/mol. The van der Waals surface area contributed by atoms with E-state index in [-0.39, 0.29) is 17.0 Å². The first-order chi connectivity index (χ1) is 8.31. The summed E-state index contributed by atoms with van der Waals surface area (Å²) in [5.74, 6) is -2.84. The molecule has 1 unspecified atom stereocenters. The van der Waals surface area contributed by atoms with Crippen LogP contribution >= 0.6 is 11.6 Å². The Balaban J connectivity index is 3.02. The summed E-state index contributed by atoms with van der Waals surface area (Å²) in [6.45, 7) is 2.97. The van der Waals surface area contributed by atoms with Crippen LogP contribution < -0.4 is 5.32 Å². The van der Waals surface area contributed by atoms with Crippen LogP contribution in [0, 0.1) is 5.82 Å². The molecule has 1 atom stereocenters. The molecule has 0 aliphatic rings. The van der Waals surface area contributed by atoms with E-state index < -0.39 is 23.2 Å². The highest BCUT2D eigenvalue weighted by molar-refractivity contribution is 6.31. The summed E-state index contributed by atoms with van der Waals surface area (Å²) >= 11 is 5.55. The first-order valence-electron chi connectivity index (χ1n) is 5.31. The molecule has 4 nitrogen and oxygen atoms in total. The van der Waals surface area contributed by atoms with Crippen LogP contribution in [0.1, 0.15) is 30.6 Å². The Kier molecular flexibility index (Phi) is 4.29. The standard InChI is InChI=1S/C12H13ClFNO3/c1-3-12(2,11(17)18)15-10(16)7-5-4-6-8(13)9(7)14/h4-6H,3H2,1-2H3,(H,15,16)(H,17,18). The van der Waals surface area contributed by atoms with Gasteiger partial charge in [-0.25, -0.2) is 9.18 Å². The molecule has 0 spiro atoms. The van der Waals surface area contributed by atoms with E-state index in [0.717, 1.165) is 0 Å². The Morgan fingerprint density at radius 2 is 2.11 bits per heavy atom. The van der Waals surface area contributed by atoms with Gasteiger partial charge < -0.3 is 10.4 Å². The van der Waals surface area contributed by atoms with Gasteiger partial charge in [0.15, 0.2) is 5.82 Å². The lowest BCUT2D eigenvalue weighted by Gasteiger charge is -2.24. The van der Waals surface area contributed by atoms with Gasteiger partial charge in [-0.1, -0.05) is 24.6 Å². The van der Waals surface area contributed by atoms with Gasteiger partial charge in [0.1, 0.15) is 5.54 Å². The first kappa shape index (κ1) is 14.4. The SMILES string of the molecule is CCC(C)(NC(=O)c1cccc(Cl)c1F)C(=O)O. The van der Waals surface area contributed by atoms with Crippen LogP contribution in [0.4, 0.5) is 4.39 Å². The smallest absolute Gasteiger partial charge is 0.329 e. The second-order valence-electron chi connectivity index (χ2n) is 4.05. The molecule has 0 aliphatic carbocycles. The zero-order valence-corrected chi connectivity index (χ0v) is 10.7. The van der Waals surface area contributed by atoms with Gasteiger partial charge in [0.2, 0.25) is 0 Å². The highest BCUT2D eigenvalue weighted by Crippen LogP contribution is 2.19. The summed E-state index contributed by atoms with van der Waals surface area (Å²) in [6.07, 6.45) is 0.177. The minimum absolute atomic E-state index is 0.177. The summed E-state index contributed by atoms with van der Waals surface area (Å²) in [5.41, 5.74) is -1.71. The van der Waals surface area contributed by atoms with E-state index in [1.807, 2.05) is 0 Å². The number of benzene rings is 1. The van der Waals surface area contributed by atoms with E-state index in [1.165, 1.54) is 25.1 Å². The lowest BCUT2D eigenvalue weighted by Crippen LogP contribution is -2.51. The number of halogens is 2. The van der Waals surface area contributed by atoms with E-state index in [0.29, 0.717) is 0 Å². The molecule has 98 valence electrons. The molecule has 18 heavy (non-hydrogen) atoms. The molecule has 1 rings (SSSR count). The van der Waals surface area contributed by atoms with Crippen LogP contribution in [0.15, 0.2) is 18.2 Å². The monoisotopic (exact) mass is 273 g/mol. The van der Waals surface area contributed by atoms with E-state index in [9.17, 15) is 14.0 Å². The summed E-state index contributed by atoms with van der Waals surface area (Å²) in [7, 11) is 0. The molecular weight excluding hydrogens is 261 g/mol. The molecule has 1 aromatic rings. The number of nitrogens with one attached hydrogen (secondary N) is 1. The number of carboxylic acids is 1. The quantitative estimate of drug-likeness (QED) is 0.886. The molecule has 0 heterocycles. The number of rotatable bonds is 4. The second kappa shape index (κ2) is 5.35. The van der Waals surface area contributed by atoms with Crippen molar-refractivity contribution >= 4 is 23.5 Å². The van der Waals surface area contributed by atoms with Gasteiger partial charge in [0.05, 0.1) is 10.6 Å². The number of aliphatic carboxylic acids is 1. The molecular formula is C12H13ClFNO3. The van der Waals surface area contributed by atoms with Crippen LogP contribution in [-0.2, 0) is 4.79 Å². The van der Waals surface area contributed by atoms with Crippen LogP contribution in [0.25, 0.3) is 0 Å². The Hall–Kier alpha value is -1.62. The van der Waals surface area contributed by atoms with Gasteiger partial charge in [0.25, 0.3) is 5.91 Å². The van der Waals surface area contributed by atoms with Crippen molar-refractivity contribution in [1.29, 1.82) is 0 Å². The predicted octanol–water partition coefficient (Wildman–Crippen LogP) is 2.46. The summed E-state index contributed by atoms with van der Waals surface area (Å²) in [6, 6.07) is 3.97. The zero-order valence-electron chi connectivity index (χ0n) is 9.96. The molecule has 1 aromatic carbocycles. The Morgan fingerprint density at radius 1 is 1.50 bits per heavy atom. The normalized spacial score (nSPS) is 13.8. The maximum Gasteiger partial charge on any atom is 0.329 e. The van der Waals surface area contributed by atoms with Crippen molar-refractivity contribution in [3.05, 3.63) is 34.6 Å². The van der Waals surface area contributed by atoms with Crippen LogP contribution in [0.3, 0.4) is 0 Å². The largest absolute Gasteiger partial charge is 0.480 e. The molecule has 0 aliphatic heterocycles. The van der Waals surface area contributed by atoms with Crippen LogP contribution in [-0.4, -0.2) is 22.5 Å². The van der Waals surface area contributed by atoms with Gasteiger partial charge in [-0.2, -0.15) is 0 Å². The van der Waals surface area contributed by atoms with Crippen molar-refractivity contribution in [1.82, 2.24) is 5.32 Å². The fourth-order valence-electron chi connectivity index (χ4n) is 1.29. The summed E-state index contributed by atoms with van der Waals surface area (Å²) in [4.78, 5) is 22.9. The Bertz CT molecular complexity index is 492. The van der Waals surface area contributed by atoms with Gasteiger partial charge in [-0.05, 0) is 25.5 Å². The van der Waals surface area contributed by atoms with Crippen molar-refractivity contribution in [2.24, 2.45) is 0 Å². The van der Waals surface area contributed by atoms with Gasteiger partial charge in [-0.3, -0.25) is 4.79 Å². The number of carboxylic acid groups (broad SMARTS) is 1. The third-order valence-electron chi connectivity index (χ3n) is 2.76. The highest BCUT2D eigenvalue weighted by Gasteiger charge is 2.33. The maximum absolute atomic E-state index is 13.6. The van der Waals surface area contributed by atoms with Crippen molar-refractivity contribution in [3.8, 4) is 0 Å². The average Bonchev–Trinajstić information content (AvgIpc) is 2.32. The Labute approximate surface area is 109 Å². The third-order valence-corrected chi connectivity index (χ3v) is 3.06. The minimum atomic E-state index is -1.44. The van der Waals surface area contributed by atoms with E-state index in [4.69, 9.17) is 16.7 Å². The maximum atomic E-state index is 13.6. The Morgan fingerprint density at radius 3 is 2.61 bits per heavy atom. The van der Waals surface area contributed by atoms with Crippen molar-refractivity contribution in [3.63, 3.8) is 0 Å². The molecule has 6 heteroatoms. The average molecular weight is 274 g/mol. The van der Waals surface area contributed by atoms with Crippen molar-refractivity contribution < 1.29 is 19.1 Å². The molecule has 0 aromatic heterocycles. The van der Waals surface area contributed by atoms with Crippen molar-refractivity contribution in [2.75, 3.05) is 0 Å². The van der Waals surface area contributed by atoms with E-state index >= 15 is 0 Å². The molecule has 0 bridgehead atoms. The lowest BCUT2D eigenvalue weighted by molar-refractivity contribution is -0.143. The number of carbonyl (C=O) groups excluding carboxylic acids is 1. The van der Waals surface area contributed by atoms with E-state index in [2.05, 4.69) is 5.32 Å². The van der Waals surface area contributed by atoms with Gasteiger partial charge in [0, 0.05) is 0 Å². The lowest BCUT2D eigenvalue weighted by atomic mass is 9.98. The number of carbonyl (C=O) groups is 2. The zero-order chi connectivity index (χ0) is 13.9. The number of hydrogen-bond acceptors (Lipinski definition) is 2. The van der Waals surface area contributed by atoms with Crippen LogP contribution in [0.5, 0.6) is 0 Å². The summed E-state index contributed by atoms with van der Waals surface area (Å²) in [5, 5.41) is 11.1. The number of amides is 1. The fraction of sp³-hybridized carbons (Fsp3) is 0.333. The fourth-order valence-corrected chi connectivity index (χ4v) is 1.46. The number of hydrogen-bond donors (Lipinski definition) is 2. The van der Waals surface area contributed by atoms with E-state index in [1.54, 1.807) is 6.92 Å². The molecule has 0 fully saturated rings. The molecule has 0 saturated heterocycles. The molecule has 0 radical (unpaired) electrons. The summed E-state index contributed by atoms with van der Waals surface area (Å²) < 4.78 is 13.6. The molecule has 1 amide bonds. The van der Waals surface area contributed by atoms with Gasteiger partial charge in [-0.15, -0.1) is 0 Å². The molecule has 2 N–H and O–H groups in total. The minimum Gasteiger partial charge on any atom is -0.480 e.